The van der Waals surface area contributed by atoms with Crippen molar-refractivity contribution in [3.8, 4) is 0 Å². The number of nitrogens with zero attached hydrogens (tertiary/aromatic N) is 2. The lowest BCUT2D eigenvalue weighted by molar-refractivity contribution is 0.102. The van der Waals surface area contributed by atoms with Crippen LogP contribution in [-0.4, -0.2) is 15.7 Å². The fourth-order valence-electron chi connectivity index (χ4n) is 1.48. The molecule has 100 valence electrons. The van der Waals surface area contributed by atoms with Crippen molar-refractivity contribution in [2.24, 2.45) is 7.05 Å². The van der Waals surface area contributed by atoms with Crippen molar-refractivity contribution in [2.45, 2.75) is 6.92 Å². The van der Waals surface area contributed by atoms with Crippen LogP contribution in [0.3, 0.4) is 0 Å². The van der Waals surface area contributed by atoms with Crippen LogP contribution in [0.25, 0.3) is 0 Å². The van der Waals surface area contributed by atoms with E-state index in [-0.39, 0.29) is 15.9 Å². The largest absolute Gasteiger partial charge is 0.318 e. The third kappa shape index (κ3) is 2.81. The van der Waals surface area contributed by atoms with Crippen molar-refractivity contribution in [1.82, 2.24) is 9.78 Å². The van der Waals surface area contributed by atoms with Gasteiger partial charge in [0, 0.05) is 18.8 Å². The van der Waals surface area contributed by atoms with E-state index in [1.807, 2.05) is 0 Å². The third-order valence-electron chi connectivity index (χ3n) is 2.60. The van der Waals surface area contributed by atoms with Crippen LogP contribution in [0.15, 0.2) is 22.7 Å². The van der Waals surface area contributed by atoms with Gasteiger partial charge in [0.2, 0.25) is 0 Å². The lowest BCUT2D eigenvalue weighted by Gasteiger charge is -2.05. The van der Waals surface area contributed by atoms with Gasteiger partial charge in [-0.1, -0.05) is 0 Å². The molecule has 0 spiro atoms. The zero-order chi connectivity index (χ0) is 14.2. The molecule has 1 heterocycles. The van der Waals surface area contributed by atoms with E-state index in [1.54, 1.807) is 20.0 Å². The molecule has 0 aliphatic carbocycles. The second kappa shape index (κ2) is 5.08. The number of halogens is 3. The number of hydrogen-bond donors (Lipinski definition) is 1. The van der Waals surface area contributed by atoms with E-state index >= 15 is 0 Å². The maximum absolute atomic E-state index is 13.6. The van der Waals surface area contributed by atoms with Crippen LogP contribution in [-0.2, 0) is 7.05 Å². The number of hydrogen-bond acceptors (Lipinski definition) is 2. The quantitative estimate of drug-likeness (QED) is 0.861. The number of nitrogens with one attached hydrogen (secondary N) is 1. The number of carbonyl (C=O) groups excluding carboxylic acids is 1. The monoisotopic (exact) mass is 329 g/mol. The predicted octanol–water partition coefficient (Wildman–Crippen LogP) is 3.02. The van der Waals surface area contributed by atoms with E-state index in [4.69, 9.17) is 0 Å². The SMILES string of the molecule is Cc1cc(C(=O)Nc2cc(F)c(Br)cc2F)nn1C. The minimum Gasteiger partial charge on any atom is -0.318 e. The summed E-state index contributed by atoms with van der Waals surface area (Å²) in [6, 6.07) is 3.42. The zero-order valence-electron chi connectivity index (χ0n) is 10.2. The Labute approximate surface area is 116 Å². The van der Waals surface area contributed by atoms with Gasteiger partial charge in [-0.15, -0.1) is 0 Å². The molecule has 0 unspecified atom stereocenters. The van der Waals surface area contributed by atoms with Crippen LogP contribution in [0.5, 0.6) is 0 Å². The molecule has 0 saturated carbocycles. The normalized spacial score (nSPS) is 10.6. The molecule has 0 atom stereocenters. The molecule has 2 aromatic rings. The van der Waals surface area contributed by atoms with Crippen molar-refractivity contribution in [3.05, 3.63) is 45.7 Å². The Morgan fingerprint density at radius 2 is 2.00 bits per heavy atom. The standard InChI is InChI=1S/C12H10BrF2N3O/c1-6-3-11(17-18(6)2)12(19)16-10-5-8(14)7(13)4-9(10)15/h3-5H,1-2H3,(H,16,19). The van der Waals surface area contributed by atoms with Crippen molar-refractivity contribution >= 4 is 27.5 Å². The van der Waals surface area contributed by atoms with Crippen molar-refractivity contribution in [1.29, 1.82) is 0 Å². The molecule has 0 saturated heterocycles. The Balaban J connectivity index is 2.26. The average Bonchev–Trinajstić information content (AvgIpc) is 2.67. The summed E-state index contributed by atoms with van der Waals surface area (Å²) in [6.07, 6.45) is 0. The van der Waals surface area contributed by atoms with Crippen LogP contribution in [0, 0.1) is 18.6 Å². The van der Waals surface area contributed by atoms with Crippen LogP contribution < -0.4 is 5.32 Å². The molecular weight excluding hydrogens is 320 g/mol. The minimum atomic E-state index is -0.728. The molecule has 0 aliphatic heterocycles. The lowest BCUT2D eigenvalue weighted by Crippen LogP contribution is -2.14. The van der Waals surface area contributed by atoms with Gasteiger partial charge >= 0.3 is 0 Å². The van der Waals surface area contributed by atoms with Crippen molar-refractivity contribution in [2.75, 3.05) is 5.32 Å². The Hall–Kier alpha value is -1.76. The zero-order valence-corrected chi connectivity index (χ0v) is 11.8. The molecule has 0 bridgehead atoms. The Kier molecular flexibility index (Phi) is 3.66. The topological polar surface area (TPSA) is 46.9 Å². The molecule has 1 amide bonds. The molecule has 1 aromatic heterocycles. The molecule has 4 nitrogen and oxygen atoms in total. The molecule has 7 heteroatoms. The molecule has 1 N–H and O–H groups in total. The number of amides is 1. The van der Waals surface area contributed by atoms with Crippen molar-refractivity contribution in [3.63, 3.8) is 0 Å². The highest BCUT2D eigenvalue weighted by atomic mass is 79.9. The van der Waals surface area contributed by atoms with Gasteiger partial charge < -0.3 is 5.32 Å². The number of anilines is 1. The van der Waals surface area contributed by atoms with Gasteiger partial charge in [-0.3, -0.25) is 9.48 Å². The predicted molar refractivity (Wildman–Crippen MR) is 70.0 cm³/mol. The van der Waals surface area contributed by atoms with Gasteiger partial charge in [0.15, 0.2) is 5.69 Å². The third-order valence-corrected chi connectivity index (χ3v) is 3.21. The first kappa shape index (κ1) is 13.7. The minimum absolute atomic E-state index is 0.00307. The first-order valence-corrected chi connectivity index (χ1v) is 6.14. The number of benzene rings is 1. The smallest absolute Gasteiger partial charge is 0.276 e. The molecular formula is C12H10BrF2N3O. The van der Waals surface area contributed by atoms with E-state index in [9.17, 15) is 13.6 Å². The Morgan fingerprint density at radius 3 is 2.58 bits per heavy atom. The maximum Gasteiger partial charge on any atom is 0.276 e. The highest BCUT2D eigenvalue weighted by Gasteiger charge is 2.15. The molecule has 1 aromatic carbocycles. The van der Waals surface area contributed by atoms with Gasteiger partial charge in [0.05, 0.1) is 10.2 Å². The fourth-order valence-corrected chi connectivity index (χ4v) is 1.79. The summed E-state index contributed by atoms with van der Waals surface area (Å²) in [7, 11) is 1.69. The summed E-state index contributed by atoms with van der Waals surface area (Å²) < 4.78 is 28.4. The number of rotatable bonds is 2. The maximum atomic E-state index is 13.6. The first-order chi connectivity index (χ1) is 8.88. The Bertz CT molecular complexity index is 635. The number of aromatic nitrogens is 2. The van der Waals surface area contributed by atoms with Gasteiger partial charge in [0.25, 0.3) is 5.91 Å². The average molecular weight is 330 g/mol. The summed E-state index contributed by atoms with van der Waals surface area (Å²) in [4.78, 5) is 11.8. The Morgan fingerprint density at radius 1 is 1.32 bits per heavy atom. The summed E-state index contributed by atoms with van der Waals surface area (Å²) in [5.74, 6) is -1.98. The van der Waals surface area contributed by atoms with Crippen LogP contribution in [0.2, 0.25) is 0 Å². The van der Waals surface area contributed by atoms with E-state index < -0.39 is 17.5 Å². The van der Waals surface area contributed by atoms with E-state index in [1.165, 1.54) is 4.68 Å². The summed E-state index contributed by atoms with van der Waals surface area (Å²) in [6.45, 7) is 1.78. The first-order valence-electron chi connectivity index (χ1n) is 5.35. The van der Waals surface area contributed by atoms with Gasteiger partial charge in [-0.25, -0.2) is 8.78 Å². The number of aryl methyl sites for hydroxylation is 2. The second-order valence-corrected chi connectivity index (χ2v) is 4.85. The molecule has 2 rings (SSSR count). The van der Waals surface area contributed by atoms with E-state index in [0.717, 1.165) is 17.8 Å². The second-order valence-electron chi connectivity index (χ2n) is 3.99. The molecule has 19 heavy (non-hydrogen) atoms. The number of carbonyl (C=O) groups is 1. The van der Waals surface area contributed by atoms with Crippen LogP contribution in [0.1, 0.15) is 16.2 Å². The highest BCUT2D eigenvalue weighted by molar-refractivity contribution is 9.10. The molecule has 0 aliphatic rings. The van der Waals surface area contributed by atoms with Crippen LogP contribution >= 0.6 is 15.9 Å². The summed E-state index contributed by atoms with van der Waals surface area (Å²) in [5, 5.41) is 6.24. The fraction of sp³-hybridized carbons (Fsp3) is 0.167. The summed E-state index contributed by atoms with van der Waals surface area (Å²) in [5.41, 5.74) is 0.698. The van der Waals surface area contributed by atoms with Gasteiger partial charge in [-0.05, 0) is 35.0 Å². The highest BCUT2D eigenvalue weighted by Crippen LogP contribution is 2.23. The van der Waals surface area contributed by atoms with Crippen LogP contribution in [0.4, 0.5) is 14.5 Å². The molecule has 0 fully saturated rings. The van der Waals surface area contributed by atoms with Gasteiger partial charge in [-0.2, -0.15) is 5.10 Å². The van der Waals surface area contributed by atoms with E-state index in [0.29, 0.717) is 0 Å². The van der Waals surface area contributed by atoms with Gasteiger partial charge in [0.1, 0.15) is 11.6 Å². The van der Waals surface area contributed by atoms with Crippen molar-refractivity contribution < 1.29 is 13.6 Å². The molecule has 0 radical (unpaired) electrons. The summed E-state index contributed by atoms with van der Waals surface area (Å²) >= 11 is 2.86. The van der Waals surface area contributed by atoms with E-state index in [2.05, 4.69) is 26.3 Å². The lowest BCUT2D eigenvalue weighted by atomic mass is 10.2.